The Hall–Kier alpha value is -3.26. The minimum Gasteiger partial charge on any atom is -0.349 e. The topological polar surface area (TPSA) is 91.7 Å². The lowest BCUT2D eigenvalue weighted by Crippen LogP contribution is -2.37. The molecule has 1 aromatic carbocycles. The second-order valence-corrected chi connectivity index (χ2v) is 12.1. The molecule has 1 N–H and O–H groups in total. The van der Waals surface area contributed by atoms with Crippen LogP contribution in [0.4, 0.5) is 0 Å². The summed E-state index contributed by atoms with van der Waals surface area (Å²) < 4.78 is 1.41. The minimum absolute atomic E-state index is 0.00412. The highest BCUT2D eigenvalue weighted by Crippen LogP contribution is 2.33. The number of rotatable bonds is 9. The minimum atomic E-state index is -0.246. The van der Waals surface area contributed by atoms with Gasteiger partial charge >= 0.3 is 0 Å². The van der Waals surface area contributed by atoms with Crippen LogP contribution in [-0.2, 0) is 16.1 Å². The van der Waals surface area contributed by atoms with E-state index in [0.717, 1.165) is 57.3 Å². The van der Waals surface area contributed by atoms with Gasteiger partial charge in [0, 0.05) is 50.4 Å². The number of nitrogens with one attached hydrogen (secondary N) is 1. The number of aryl methyl sites for hydroxylation is 1. The van der Waals surface area contributed by atoms with Gasteiger partial charge in [-0.1, -0.05) is 43.2 Å². The number of hydrogen-bond acceptors (Lipinski definition) is 5. The van der Waals surface area contributed by atoms with E-state index in [0.29, 0.717) is 41.7 Å². The van der Waals surface area contributed by atoms with Crippen LogP contribution >= 0.6 is 0 Å². The lowest BCUT2D eigenvalue weighted by atomic mass is 10.0. The van der Waals surface area contributed by atoms with E-state index < -0.39 is 0 Å². The van der Waals surface area contributed by atoms with Gasteiger partial charge < -0.3 is 19.7 Å². The Morgan fingerprint density at radius 1 is 0.975 bits per heavy atom. The van der Waals surface area contributed by atoms with Crippen molar-refractivity contribution < 1.29 is 14.4 Å². The first kappa shape index (κ1) is 28.3. The molecule has 2 amide bonds. The van der Waals surface area contributed by atoms with Crippen LogP contribution in [0.3, 0.4) is 0 Å². The van der Waals surface area contributed by atoms with Crippen molar-refractivity contribution in [1.29, 1.82) is 0 Å². The van der Waals surface area contributed by atoms with E-state index in [1.165, 1.54) is 17.6 Å². The summed E-state index contributed by atoms with van der Waals surface area (Å²) in [5, 5.41) is 3.36. The first-order chi connectivity index (χ1) is 19.2. The summed E-state index contributed by atoms with van der Waals surface area (Å²) in [6.07, 6.45) is 5.14. The van der Waals surface area contributed by atoms with Crippen molar-refractivity contribution >= 4 is 17.6 Å². The summed E-state index contributed by atoms with van der Waals surface area (Å²) in [5.41, 5.74) is 2.68. The summed E-state index contributed by atoms with van der Waals surface area (Å²) in [6, 6.07) is 11.8. The Morgan fingerprint density at radius 3 is 2.25 bits per heavy atom. The smallest absolute Gasteiger partial charge is 0.255 e. The van der Waals surface area contributed by atoms with Gasteiger partial charge in [-0.15, -0.1) is 0 Å². The molecule has 0 bridgehead atoms. The highest BCUT2D eigenvalue weighted by Gasteiger charge is 2.42. The number of Topliss-reactive ketones (excluding diaryl/α,β-unsaturated/α-hetero) is 1. The molecule has 3 fully saturated rings. The number of pyridine rings is 1. The summed E-state index contributed by atoms with van der Waals surface area (Å²) in [6.45, 7) is 9.17. The average Bonchev–Trinajstić information content (AvgIpc) is 3.66. The highest BCUT2D eigenvalue weighted by atomic mass is 16.2. The lowest BCUT2D eigenvalue weighted by Gasteiger charge is -2.26. The van der Waals surface area contributed by atoms with Gasteiger partial charge in [-0.2, -0.15) is 0 Å². The Kier molecular flexibility index (Phi) is 8.54. The molecule has 5 rings (SSSR count). The number of fused-ring (bicyclic) bond motifs is 1. The largest absolute Gasteiger partial charge is 0.349 e. The van der Waals surface area contributed by atoms with Crippen molar-refractivity contribution in [2.24, 2.45) is 17.8 Å². The third kappa shape index (κ3) is 6.07. The number of aromatic nitrogens is 1. The van der Waals surface area contributed by atoms with Crippen LogP contribution in [0, 0.1) is 31.6 Å². The molecule has 214 valence electrons. The standard InChI is InChI=1S/C32H42N4O4/c1-21-15-29(38)36(16-22(2)37)23(3)30(21)32(40)35-19-26-17-34(18-27(26)20-35)14-13-28(24-9-5-4-6-10-24)33-31(39)25-11-7-8-12-25/h4-6,9-10,15,25-28H,7-8,11-14,16-20H2,1-3H3,(H,33,39)/t26-,27?,28?/m0/s1. The predicted octanol–water partition coefficient (Wildman–Crippen LogP) is 3.50. The quantitative estimate of drug-likeness (QED) is 0.520. The Labute approximate surface area is 236 Å². The number of benzene rings is 1. The van der Waals surface area contributed by atoms with E-state index >= 15 is 0 Å². The summed E-state index contributed by atoms with van der Waals surface area (Å²) in [7, 11) is 0. The number of ketones is 1. The fourth-order valence-electron chi connectivity index (χ4n) is 7.06. The maximum Gasteiger partial charge on any atom is 0.255 e. The molecule has 0 radical (unpaired) electrons. The zero-order chi connectivity index (χ0) is 28.4. The monoisotopic (exact) mass is 546 g/mol. The van der Waals surface area contributed by atoms with E-state index in [2.05, 4.69) is 22.3 Å². The third-order valence-electron chi connectivity index (χ3n) is 9.19. The zero-order valence-corrected chi connectivity index (χ0v) is 24.0. The number of carbonyl (C=O) groups is 3. The van der Waals surface area contributed by atoms with Crippen molar-refractivity contribution in [1.82, 2.24) is 19.7 Å². The van der Waals surface area contributed by atoms with Gasteiger partial charge in [0.2, 0.25) is 5.91 Å². The normalized spacial score (nSPS) is 21.9. The number of nitrogens with zero attached hydrogens (tertiary/aromatic N) is 3. The summed E-state index contributed by atoms with van der Waals surface area (Å²) >= 11 is 0. The van der Waals surface area contributed by atoms with E-state index in [4.69, 9.17) is 0 Å². The fourth-order valence-corrected chi connectivity index (χ4v) is 7.06. The Bertz CT molecular complexity index is 1300. The lowest BCUT2D eigenvalue weighted by molar-refractivity contribution is -0.125. The molecule has 1 aromatic heterocycles. The summed E-state index contributed by atoms with van der Waals surface area (Å²) in [4.78, 5) is 55.1. The van der Waals surface area contributed by atoms with E-state index in [-0.39, 0.29) is 41.7 Å². The third-order valence-corrected chi connectivity index (χ3v) is 9.19. The van der Waals surface area contributed by atoms with Gasteiger partial charge in [0.05, 0.1) is 18.2 Å². The van der Waals surface area contributed by atoms with Crippen LogP contribution in [0.2, 0.25) is 0 Å². The predicted molar refractivity (Wildman–Crippen MR) is 154 cm³/mol. The number of hydrogen-bond donors (Lipinski definition) is 1. The molecule has 3 aliphatic rings. The van der Waals surface area contributed by atoms with Gasteiger partial charge in [0.25, 0.3) is 11.5 Å². The van der Waals surface area contributed by atoms with Gasteiger partial charge in [-0.05, 0) is 63.0 Å². The van der Waals surface area contributed by atoms with Crippen LogP contribution < -0.4 is 10.9 Å². The van der Waals surface area contributed by atoms with Crippen LogP contribution in [-0.4, -0.2) is 64.7 Å². The molecule has 2 saturated heterocycles. The number of carbonyl (C=O) groups excluding carboxylic acids is 3. The number of amides is 2. The Morgan fingerprint density at radius 2 is 1.62 bits per heavy atom. The molecule has 8 nitrogen and oxygen atoms in total. The molecule has 2 aliphatic heterocycles. The molecule has 1 saturated carbocycles. The summed E-state index contributed by atoms with van der Waals surface area (Å²) in [5.74, 6) is 1.00. The first-order valence-corrected chi connectivity index (χ1v) is 14.8. The van der Waals surface area contributed by atoms with Crippen molar-refractivity contribution in [2.75, 3.05) is 32.7 Å². The van der Waals surface area contributed by atoms with Gasteiger partial charge in [0.1, 0.15) is 5.78 Å². The van der Waals surface area contributed by atoms with E-state index in [9.17, 15) is 19.2 Å². The van der Waals surface area contributed by atoms with Crippen molar-refractivity contribution in [3.63, 3.8) is 0 Å². The molecular formula is C32H42N4O4. The van der Waals surface area contributed by atoms with Crippen molar-refractivity contribution in [2.45, 2.75) is 65.5 Å². The highest BCUT2D eigenvalue weighted by molar-refractivity contribution is 5.97. The second-order valence-electron chi connectivity index (χ2n) is 12.1. The van der Waals surface area contributed by atoms with E-state index in [1.54, 1.807) is 13.8 Å². The average molecular weight is 547 g/mol. The van der Waals surface area contributed by atoms with Crippen molar-refractivity contribution in [3.8, 4) is 0 Å². The molecule has 2 aromatic rings. The molecule has 1 aliphatic carbocycles. The zero-order valence-electron chi connectivity index (χ0n) is 24.0. The molecule has 8 heteroatoms. The maximum atomic E-state index is 13.6. The molecule has 2 unspecified atom stereocenters. The van der Waals surface area contributed by atoms with Gasteiger partial charge in [0.15, 0.2) is 0 Å². The molecule has 3 heterocycles. The van der Waals surface area contributed by atoms with Crippen LogP contribution in [0.15, 0.2) is 41.2 Å². The molecular weight excluding hydrogens is 504 g/mol. The number of likely N-dealkylation sites (tertiary alicyclic amines) is 2. The molecule has 3 atom stereocenters. The van der Waals surface area contributed by atoms with Gasteiger partial charge in [-0.25, -0.2) is 0 Å². The van der Waals surface area contributed by atoms with Crippen molar-refractivity contribution in [3.05, 3.63) is 69.1 Å². The van der Waals surface area contributed by atoms with Gasteiger partial charge in [-0.3, -0.25) is 19.2 Å². The van der Waals surface area contributed by atoms with Crippen LogP contribution in [0.25, 0.3) is 0 Å². The maximum absolute atomic E-state index is 13.6. The second kappa shape index (κ2) is 12.1. The van der Waals surface area contributed by atoms with Crippen LogP contribution in [0.1, 0.15) is 72.2 Å². The molecule has 40 heavy (non-hydrogen) atoms. The van der Waals surface area contributed by atoms with E-state index in [1.807, 2.05) is 23.1 Å². The fraction of sp³-hybridized carbons (Fsp3) is 0.562. The first-order valence-electron chi connectivity index (χ1n) is 14.8. The molecule has 0 spiro atoms. The SMILES string of the molecule is CC(=O)Cn1c(C)c(C(=O)N2CC3CN(CCC(NC(=O)C4CCCC4)c4ccccc4)C[C@H]3C2)c(C)cc1=O. The van der Waals surface area contributed by atoms with Crippen LogP contribution in [0.5, 0.6) is 0 Å². The Balaban J connectivity index is 1.20.